The van der Waals surface area contributed by atoms with Crippen LogP contribution in [0.5, 0.6) is 0 Å². The van der Waals surface area contributed by atoms with E-state index in [1.165, 1.54) is 0 Å². The van der Waals surface area contributed by atoms with Crippen LogP contribution in [0.1, 0.15) is 18.1 Å². The van der Waals surface area contributed by atoms with E-state index in [1.807, 2.05) is 19.9 Å². The number of halogens is 1. The van der Waals surface area contributed by atoms with E-state index < -0.39 is 22.0 Å². The summed E-state index contributed by atoms with van der Waals surface area (Å²) in [6.07, 6.45) is 1.09. The predicted molar refractivity (Wildman–Crippen MR) is 103 cm³/mol. The molecule has 1 N–H and O–H groups in total. The van der Waals surface area contributed by atoms with Crippen LogP contribution in [0.15, 0.2) is 42.5 Å². The van der Waals surface area contributed by atoms with Gasteiger partial charge in [0.05, 0.1) is 11.9 Å². The summed E-state index contributed by atoms with van der Waals surface area (Å²) in [6.45, 7) is 5.26. The van der Waals surface area contributed by atoms with Crippen molar-refractivity contribution in [1.82, 2.24) is 0 Å². The number of nitrogens with one attached hydrogen (secondary N) is 1. The normalized spacial score (nSPS) is 12.5. The average Bonchev–Trinajstić information content (AvgIpc) is 2.49. The molecule has 0 radical (unpaired) electrons. The smallest absolute Gasteiger partial charge is 0.248 e. The molecule has 25 heavy (non-hydrogen) atoms. The van der Waals surface area contributed by atoms with Crippen LogP contribution in [0.25, 0.3) is 0 Å². The van der Waals surface area contributed by atoms with Crippen molar-refractivity contribution in [2.75, 3.05) is 15.9 Å². The highest BCUT2D eigenvalue weighted by atomic mass is 35.5. The van der Waals surface area contributed by atoms with Crippen LogP contribution in [0.2, 0.25) is 5.02 Å². The number of rotatable bonds is 5. The van der Waals surface area contributed by atoms with Crippen LogP contribution in [-0.4, -0.2) is 26.6 Å². The minimum absolute atomic E-state index is 0.433. The second-order valence-electron chi connectivity index (χ2n) is 6.02. The highest BCUT2D eigenvalue weighted by Gasteiger charge is 2.29. The number of carbonyl (C=O) groups excluding carboxylic acids is 1. The number of hydrogen-bond donors (Lipinski definition) is 1. The molecule has 1 amide bonds. The van der Waals surface area contributed by atoms with Gasteiger partial charge in [0.1, 0.15) is 6.04 Å². The van der Waals surface area contributed by atoms with E-state index in [0.717, 1.165) is 21.7 Å². The van der Waals surface area contributed by atoms with Crippen molar-refractivity contribution in [3.8, 4) is 0 Å². The summed E-state index contributed by atoms with van der Waals surface area (Å²) in [5.74, 6) is -0.433. The van der Waals surface area contributed by atoms with Crippen molar-refractivity contribution in [1.29, 1.82) is 0 Å². The molecule has 1 unspecified atom stereocenters. The Kier molecular flexibility index (Phi) is 5.75. The molecule has 0 aliphatic rings. The Balaban J connectivity index is 2.35. The van der Waals surface area contributed by atoms with Gasteiger partial charge in [0.25, 0.3) is 0 Å². The minimum atomic E-state index is -3.64. The van der Waals surface area contributed by atoms with E-state index in [9.17, 15) is 13.2 Å². The summed E-state index contributed by atoms with van der Waals surface area (Å²) >= 11 is 5.97. The Morgan fingerprint density at radius 1 is 1.16 bits per heavy atom. The number of anilines is 2. The zero-order valence-electron chi connectivity index (χ0n) is 14.6. The van der Waals surface area contributed by atoms with E-state index in [1.54, 1.807) is 43.3 Å². The van der Waals surface area contributed by atoms with Crippen LogP contribution in [0.3, 0.4) is 0 Å². The highest BCUT2D eigenvalue weighted by Crippen LogP contribution is 2.24. The maximum atomic E-state index is 12.7. The lowest BCUT2D eigenvalue weighted by Crippen LogP contribution is -2.45. The minimum Gasteiger partial charge on any atom is -0.324 e. The molecule has 5 nitrogen and oxygen atoms in total. The lowest BCUT2D eigenvalue weighted by Gasteiger charge is -2.28. The van der Waals surface area contributed by atoms with Gasteiger partial charge in [0, 0.05) is 10.7 Å². The van der Waals surface area contributed by atoms with Crippen molar-refractivity contribution in [3.05, 3.63) is 58.6 Å². The van der Waals surface area contributed by atoms with Crippen LogP contribution in [0, 0.1) is 13.8 Å². The monoisotopic (exact) mass is 380 g/mol. The van der Waals surface area contributed by atoms with Crippen molar-refractivity contribution in [2.24, 2.45) is 0 Å². The Morgan fingerprint density at radius 2 is 1.84 bits per heavy atom. The zero-order valence-corrected chi connectivity index (χ0v) is 16.1. The first-order chi connectivity index (χ1) is 11.6. The molecule has 0 saturated heterocycles. The standard InChI is InChI=1S/C18H21ClN2O3S/c1-12-6-5-7-16(10-12)21(25(4,23)24)14(3)18(22)20-17-11-15(19)9-8-13(17)2/h5-11,14H,1-4H3,(H,20,22). The van der Waals surface area contributed by atoms with E-state index in [-0.39, 0.29) is 0 Å². The summed E-state index contributed by atoms with van der Waals surface area (Å²) in [5, 5.41) is 3.25. The molecule has 2 rings (SSSR count). The fourth-order valence-electron chi connectivity index (χ4n) is 2.54. The molecule has 0 aliphatic carbocycles. The molecule has 0 spiro atoms. The second-order valence-corrected chi connectivity index (χ2v) is 8.32. The summed E-state index contributed by atoms with van der Waals surface area (Å²) in [5.41, 5.74) is 2.76. The lowest BCUT2D eigenvalue weighted by molar-refractivity contribution is -0.116. The van der Waals surface area contributed by atoms with Gasteiger partial charge in [-0.15, -0.1) is 0 Å². The summed E-state index contributed by atoms with van der Waals surface area (Å²) in [6, 6.07) is 11.3. The molecule has 134 valence electrons. The van der Waals surface area contributed by atoms with Gasteiger partial charge < -0.3 is 5.32 Å². The van der Waals surface area contributed by atoms with Gasteiger partial charge in [-0.3, -0.25) is 9.10 Å². The molecule has 0 fully saturated rings. The fourth-order valence-corrected chi connectivity index (χ4v) is 3.88. The lowest BCUT2D eigenvalue weighted by atomic mass is 10.1. The average molecular weight is 381 g/mol. The maximum absolute atomic E-state index is 12.7. The molecular weight excluding hydrogens is 360 g/mol. The molecule has 2 aromatic carbocycles. The van der Waals surface area contributed by atoms with Crippen molar-refractivity contribution >= 4 is 38.9 Å². The third-order valence-corrected chi connectivity index (χ3v) is 5.28. The van der Waals surface area contributed by atoms with Crippen molar-refractivity contribution < 1.29 is 13.2 Å². The molecule has 1 atom stereocenters. The zero-order chi connectivity index (χ0) is 18.8. The quantitative estimate of drug-likeness (QED) is 0.858. The first-order valence-electron chi connectivity index (χ1n) is 7.72. The van der Waals surface area contributed by atoms with Gasteiger partial charge in [-0.05, 0) is 56.2 Å². The third-order valence-electron chi connectivity index (χ3n) is 3.80. The molecular formula is C18H21ClN2O3S. The van der Waals surface area contributed by atoms with Gasteiger partial charge in [0.15, 0.2) is 0 Å². The Morgan fingerprint density at radius 3 is 2.44 bits per heavy atom. The third kappa shape index (κ3) is 4.74. The number of nitrogens with zero attached hydrogens (tertiary/aromatic N) is 1. The number of aryl methyl sites for hydroxylation is 2. The van der Waals surface area contributed by atoms with Crippen molar-refractivity contribution in [3.63, 3.8) is 0 Å². The van der Waals surface area contributed by atoms with E-state index in [0.29, 0.717) is 16.4 Å². The highest BCUT2D eigenvalue weighted by molar-refractivity contribution is 7.92. The van der Waals surface area contributed by atoms with Gasteiger partial charge >= 0.3 is 0 Å². The molecule has 0 saturated carbocycles. The SMILES string of the molecule is Cc1cccc(N(C(C)C(=O)Nc2cc(Cl)ccc2C)S(C)(=O)=O)c1. The maximum Gasteiger partial charge on any atom is 0.248 e. The van der Waals surface area contributed by atoms with Gasteiger partial charge in [-0.25, -0.2) is 8.42 Å². The van der Waals surface area contributed by atoms with Crippen LogP contribution in [0.4, 0.5) is 11.4 Å². The molecule has 2 aromatic rings. The Hall–Kier alpha value is -2.05. The number of carbonyl (C=O) groups is 1. The first-order valence-corrected chi connectivity index (χ1v) is 9.95. The van der Waals surface area contributed by atoms with Gasteiger partial charge in [-0.2, -0.15) is 0 Å². The van der Waals surface area contributed by atoms with Gasteiger partial charge in [-0.1, -0.05) is 29.8 Å². The van der Waals surface area contributed by atoms with E-state index in [4.69, 9.17) is 11.6 Å². The largest absolute Gasteiger partial charge is 0.324 e. The topological polar surface area (TPSA) is 66.5 Å². The van der Waals surface area contributed by atoms with E-state index >= 15 is 0 Å². The molecule has 7 heteroatoms. The molecule has 0 aliphatic heterocycles. The van der Waals surface area contributed by atoms with E-state index in [2.05, 4.69) is 5.32 Å². The summed E-state index contributed by atoms with van der Waals surface area (Å²) in [4.78, 5) is 12.7. The van der Waals surface area contributed by atoms with Crippen molar-refractivity contribution in [2.45, 2.75) is 26.8 Å². The number of sulfonamides is 1. The Labute approximate surface area is 153 Å². The van der Waals surface area contributed by atoms with Crippen LogP contribution >= 0.6 is 11.6 Å². The molecule has 0 bridgehead atoms. The first kappa shape index (κ1) is 19.3. The fraction of sp³-hybridized carbons (Fsp3) is 0.278. The molecule has 0 heterocycles. The van der Waals surface area contributed by atoms with Crippen LogP contribution in [-0.2, 0) is 14.8 Å². The number of amides is 1. The summed E-state index contributed by atoms with van der Waals surface area (Å²) in [7, 11) is -3.64. The predicted octanol–water partition coefficient (Wildman–Crippen LogP) is 3.75. The number of benzene rings is 2. The second kappa shape index (κ2) is 7.45. The molecule has 0 aromatic heterocycles. The Bertz CT molecular complexity index is 897. The summed E-state index contributed by atoms with van der Waals surface area (Å²) < 4.78 is 25.7. The van der Waals surface area contributed by atoms with Crippen LogP contribution < -0.4 is 9.62 Å². The number of hydrogen-bond acceptors (Lipinski definition) is 3. The van der Waals surface area contributed by atoms with Gasteiger partial charge in [0.2, 0.25) is 15.9 Å².